The molecule has 17 heavy (non-hydrogen) atoms. The van der Waals surface area contributed by atoms with Gasteiger partial charge in [-0.05, 0) is 31.0 Å². The summed E-state index contributed by atoms with van der Waals surface area (Å²) in [5.41, 5.74) is 0.614. The van der Waals surface area contributed by atoms with Crippen molar-refractivity contribution >= 4 is 34.5 Å². The fourth-order valence-corrected chi connectivity index (χ4v) is 2.66. The third-order valence-corrected chi connectivity index (χ3v) is 3.62. The van der Waals surface area contributed by atoms with Gasteiger partial charge in [0.15, 0.2) is 0 Å². The van der Waals surface area contributed by atoms with Crippen molar-refractivity contribution in [3.05, 3.63) is 28.2 Å². The molecule has 0 unspecified atom stereocenters. The molecule has 1 aromatic carbocycles. The van der Waals surface area contributed by atoms with Crippen molar-refractivity contribution < 1.29 is 9.53 Å². The van der Waals surface area contributed by atoms with Gasteiger partial charge in [0.2, 0.25) is 0 Å². The minimum absolute atomic E-state index is 0.0607. The van der Waals surface area contributed by atoms with Gasteiger partial charge in [0.05, 0.1) is 5.56 Å². The predicted octanol–water partition coefficient (Wildman–Crippen LogP) is 2.65. The van der Waals surface area contributed by atoms with Gasteiger partial charge in [-0.25, -0.2) is 0 Å². The predicted molar refractivity (Wildman–Crippen MR) is 72.7 cm³/mol. The zero-order chi connectivity index (χ0) is 12.3. The first kappa shape index (κ1) is 12.9. The average molecular weight is 316 g/mol. The van der Waals surface area contributed by atoms with Gasteiger partial charge in [-0.2, -0.15) is 0 Å². The third kappa shape index (κ3) is 3.47. The monoisotopic (exact) mass is 315 g/mol. The number of halogens is 1. The van der Waals surface area contributed by atoms with Crippen molar-refractivity contribution in [2.75, 3.05) is 13.2 Å². The van der Waals surface area contributed by atoms with Crippen molar-refractivity contribution in [3.63, 3.8) is 0 Å². The summed E-state index contributed by atoms with van der Waals surface area (Å²) in [5, 5.41) is 3.01. The Bertz CT molecular complexity index is 419. The van der Waals surface area contributed by atoms with Gasteiger partial charge in [-0.15, -0.1) is 12.6 Å². The van der Waals surface area contributed by atoms with Crippen LogP contribution in [0.25, 0.3) is 0 Å². The van der Waals surface area contributed by atoms with Crippen LogP contribution in [0.4, 0.5) is 0 Å². The molecule has 2 rings (SSSR count). The summed E-state index contributed by atoms with van der Waals surface area (Å²) in [6.45, 7) is 1.44. The lowest BCUT2D eigenvalue weighted by molar-refractivity contribution is 0.0695. The molecule has 0 aromatic heterocycles. The second-order valence-electron chi connectivity index (χ2n) is 4.02. The van der Waals surface area contributed by atoms with E-state index in [2.05, 4.69) is 33.9 Å². The number of benzene rings is 1. The lowest BCUT2D eigenvalue weighted by Gasteiger charge is -2.23. The fraction of sp³-hybridized carbons (Fsp3) is 0.417. The highest BCUT2D eigenvalue weighted by Crippen LogP contribution is 2.20. The third-order valence-electron chi connectivity index (χ3n) is 2.76. The smallest absolute Gasteiger partial charge is 0.252 e. The molecule has 0 spiro atoms. The number of thiol groups is 1. The highest BCUT2D eigenvalue weighted by Gasteiger charge is 2.18. The summed E-state index contributed by atoms with van der Waals surface area (Å²) in [6, 6.07) is 5.66. The molecule has 0 aliphatic carbocycles. The van der Waals surface area contributed by atoms with Gasteiger partial charge >= 0.3 is 0 Å². The Morgan fingerprint density at radius 2 is 2.12 bits per heavy atom. The van der Waals surface area contributed by atoms with Crippen LogP contribution in [0.3, 0.4) is 0 Å². The second kappa shape index (κ2) is 5.89. The molecule has 1 aliphatic heterocycles. The van der Waals surface area contributed by atoms with Crippen LogP contribution in [-0.4, -0.2) is 25.2 Å². The summed E-state index contributed by atoms with van der Waals surface area (Å²) >= 11 is 7.66. The van der Waals surface area contributed by atoms with Crippen molar-refractivity contribution in [2.45, 2.75) is 23.8 Å². The molecular formula is C12H14BrNO2S. The Kier molecular flexibility index (Phi) is 4.48. The van der Waals surface area contributed by atoms with Crippen molar-refractivity contribution in [3.8, 4) is 0 Å². The normalized spacial score (nSPS) is 16.8. The van der Waals surface area contributed by atoms with Gasteiger partial charge in [0.1, 0.15) is 0 Å². The zero-order valence-corrected chi connectivity index (χ0v) is 11.8. The molecule has 0 saturated carbocycles. The summed E-state index contributed by atoms with van der Waals surface area (Å²) in [6.07, 6.45) is 1.76. The van der Waals surface area contributed by atoms with E-state index in [0.29, 0.717) is 10.5 Å². The molecule has 0 atom stereocenters. The Morgan fingerprint density at radius 1 is 1.41 bits per heavy atom. The van der Waals surface area contributed by atoms with Crippen LogP contribution in [-0.2, 0) is 4.74 Å². The summed E-state index contributed by atoms with van der Waals surface area (Å²) < 4.78 is 6.18. The lowest BCUT2D eigenvalue weighted by Crippen LogP contribution is -2.39. The number of amides is 1. The average Bonchev–Trinajstić information content (AvgIpc) is 2.30. The Labute approximate surface area is 114 Å². The molecule has 0 bridgehead atoms. The maximum Gasteiger partial charge on any atom is 0.252 e. The molecule has 3 nitrogen and oxygen atoms in total. The number of rotatable bonds is 2. The minimum Gasteiger partial charge on any atom is -0.381 e. The highest BCUT2D eigenvalue weighted by molar-refractivity contribution is 9.10. The topological polar surface area (TPSA) is 38.3 Å². The van der Waals surface area contributed by atoms with E-state index in [1.165, 1.54) is 0 Å². The van der Waals surface area contributed by atoms with E-state index in [1.807, 2.05) is 12.1 Å². The maximum atomic E-state index is 12.0. The number of hydrogen-bond acceptors (Lipinski definition) is 3. The van der Waals surface area contributed by atoms with Gasteiger partial charge < -0.3 is 10.1 Å². The Balaban J connectivity index is 2.03. The van der Waals surface area contributed by atoms with Gasteiger partial charge in [0.25, 0.3) is 5.91 Å². The van der Waals surface area contributed by atoms with Crippen LogP contribution in [0.15, 0.2) is 27.6 Å². The summed E-state index contributed by atoms with van der Waals surface area (Å²) in [7, 11) is 0. The van der Waals surface area contributed by atoms with Crippen LogP contribution >= 0.6 is 28.6 Å². The van der Waals surface area contributed by atoms with Crippen molar-refractivity contribution in [2.24, 2.45) is 0 Å². The lowest BCUT2D eigenvalue weighted by atomic mass is 10.1. The quantitative estimate of drug-likeness (QED) is 0.823. The van der Waals surface area contributed by atoms with Gasteiger partial charge in [-0.3, -0.25) is 4.79 Å². The highest BCUT2D eigenvalue weighted by atomic mass is 79.9. The van der Waals surface area contributed by atoms with Crippen molar-refractivity contribution in [1.29, 1.82) is 0 Å². The van der Waals surface area contributed by atoms with Gasteiger partial charge in [-0.1, -0.05) is 15.9 Å². The van der Waals surface area contributed by atoms with E-state index in [1.54, 1.807) is 6.07 Å². The molecule has 1 saturated heterocycles. The molecule has 1 amide bonds. The van der Waals surface area contributed by atoms with E-state index in [4.69, 9.17) is 4.74 Å². The van der Waals surface area contributed by atoms with Crippen LogP contribution < -0.4 is 5.32 Å². The molecule has 1 fully saturated rings. The molecule has 0 radical (unpaired) electrons. The van der Waals surface area contributed by atoms with Gasteiger partial charge in [0, 0.05) is 28.6 Å². The molecule has 92 valence electrons. The zero-order valence-electron chi connectivity index (χ0n) is 9.28. The molecule has 1 aliphatic rings. The number of ether oxygens (including phenoxy) is 1. The Hall–Kier alpha value is -0.520. The largest absolute Gasteiger partial charge is 0.381 e. The number of nitrogens with one attached hydrogen (secondary N) is 1. The number of hydrogen-bond donors (Lipinski definition) is 2. The molecule has 1 N–H and O–H groups in total. The standard InChI is InChI=1S/C12H14BrNO2S/c13-8-1-2-10(11(17)7-8)12(15)14-9-3-5-16-6-4-9/h1-2,7,9,17H,3-6H2,(H,14,15). The fourth-order valence-electron chi connectivity index (χ4n) is 1.80. The van der Waals surface area contributed by atoms with Crippen LogP contribution in [0.1, 0.15) is 23.2 Å². The van der Waals surface area contributed by atoms with E-state index in [9.17, 15) is 4.79 Å². The van der Waals surface area contributed by atoms with Crippen LogP contribution in [0, 0.1) is 0 Å². The van der Waals surface area contributed by atoms with E-state index in [0.717, 1.165) is 30.5 Å². The first-order valence-corrected chi connectivity index (χ1v) is 6.78. The first-order valence-electron chi connectivity index (χ1n) is 5.54. The van der Waals surface area contributed by atoms with E-state index < -0.39 is 0 Å². The van der Waals surface area contributed by atoms with Crippen LogP contribution in [0.2, 0.25) is 0 Å². The summed E-state index contributed by atoms with van der Waals surface area (Å²) in [4.78, 5) is 12.7. The second-order valence-corrected chi connectivity index (χ2v) is 5.42. The van der Waals surface area contributed by atoms with Crippen LogP contribution in [0.5, 0.6) is 0 Å². The molecule has 5 heteroatoms. The first-order chi connectivity index (χ1) is 8.16. The Morgan fingerprint density at radius 3 is 2.76 bits per heavy atom. The molecule has 1 aromatic rings. The summed E-state index contributed by atoms with van der Waals surface area (Å²) in [5.74, 6) is -0.0607. The maximum absolute atomic E-state index is 12.0. The molecule has 1 heterocycles. The van der Waals surface area contributed by atoms with E-state index >= 15 is 0 Å². The number of carbonyl (C=O) groups excluding carboxylic acids is 1. The number of carbonyl (C=O) groups is 1. The van der Waals surface area contributed by atoms with Crippen molar-refractivity contribution in [1.82, 2.24) is 5.32 Å². The van der Waals surface area contributed by atoms with E-state index in [-0.39, 0.29) is 11.9 Å². The minimum atomic E-state index is -0.0607. The SMILES string of the molecule is O=C(NC1CCOCC1)c1ccc(Br)cc1S. The molecular weight excluding hydrogens is 302 g/mol.